The van der Waals surface area contributed by atoms with Gasteiger partial charge in [-0.15, -0.1) is 0 Å². The quantitative estimate of drug-likeness (QED) is 0.300. The topological polar surface area (TPSA) is 4.93 Å². The molecule has 0 radical (unpaired) electrons. The van der Waals surface area contributed by atoms with Gasteiger partial charge in [-0.25, -0.2) is 0 Å². The van der Waals surface area contributed by atoms with Crippen LogP contribution in [0, 0.1) is 0 Å². The Morgan fingerprint density at radius 1 is 1.00 bits per heavy atom. The second kappa shape index (κ2) is 4.89. The van der Waals surface area contributed by atoms with Crippen LogP contribution in [0.25, 0.3) is 32.9 Å². The van der Waals surface area contributed by atoms with E-state index in [1.807, 2.05) is 0 Å². The van der Waals surface area contributed by atoms with E-state index < -0.39 is 0 Å². The van der Waals surface area contributed by atoms with Crippen molar-refractivity contribution in [2.75, 3.05) is 0 Å². The molecule has 2 aliphatic carbocycles. The fraction of sp³-hybridized carbons (Fsp3) is 0.346. The van der Waals surface area contributed by atoms with Gasteiger partial charge in [0.05, 0.1) is 16.6 Å². The van der Waals surface area contributed by atoms with E-state index in [0.717, 1.165) is 6.42 Å². The molecule has 0 N–H and O–H groups in total. The monoisotopic (exact) mass is 382 g/mol. The molecule has 0 saturated heterocycles. The first kappa shape index (κ1) is 15.8. The van der Waals surface area contributed by atoms with Gasteiger partial charge in [0.1, 0.15) is 5.30 Å². The van der Waals surface area contributed by atoms with E-state index in [2.05, 4.69) is 73.0 Å². The van der Waals surface area contributed by atoms with E-state index in [0.29, 0.717) is 0 Å². The van der Waals surface area contributed by atoms with Crippen molar-refractivity contribution >= 4 is 35.1 Å². The van der Waals surface area contributed by atoms with Crippen LogP contribution in [0.3, 0.4) is 0 Å². The average Bonchev–Trinajstić information content (AvgIpc) is 3.16. The van der Waals surface area contributed by atoms with Gasteiger partial charge in [-0.2, -0.15) is 0 Å². The lowest BCUT2D eigenvalue weighted by Crippen LogP contribution is -2.47. The van der Waals surface area contributed by atoms with Crippen molar-refractivity contribution in [2.45, 2.75) is 56.9 Å². The van der Waals surface area contributed by atoms with Gasteiger partial charge in [-0.3, -0.25) is 0 Å². The molecule has 3 aliphatic heterocycles. The van der Waals surface area contributed by atoms with Crippen LogP contribution >= 0.6 is 7.53 Å². The fourth-order valence-corrected chi connectivity index (χ4v) is 9.89. The molecule has 0 aromatic heterocycles. The maximum atomic E-state index is 2.81. The number of para-hydroxylation sites is 1. The van der Waals surface area contributed by atoms with Crippen molar-refractivity contribution in [2.24, 2.45) is 0 Å². The summed E-state index contributed by atoms with van der Waals surface area (Å²) in [6.07, 6.45) is 13.4. The summed E-state index contributed by atoms with van der Waals surface area (Å²) in [4.78, 5) is 0. The number of hydrogen-bond donors (Lipinski definition) is 0. The highest BCUT2D eigenvalue weighted by Crippen LogP contribution is 2.65. The van der Waals surface area contributed by atoms with E-state index in [9.17, 15) is 0 Å². The molecule has 0 bridgehead atoms. The van der Waals surface area contributed by atoms with Crippen LogP contribution in [0.5, 0.6) is 0 Å². The number of allylic oxidation sites excluding steroid dienone is 2. The summed E-state index contributed by atoms with van der Waals surface area (Å²) in [6, 6.07) is 14.3. The largest absolute Gasteiger partial charge is 0.327 e. The molecule has 2 aromatic carbocycles. The predicted molar refractivity (Wildman–Crippen MR) is 121 cm³/mol. The maximum absolute atomic E-state index is 2.81. The Morgan fingerprint density at radius 2 is 1.86 bits per heavy atom. The molecule has 1 nitrogen and oxygen atoms in total. The molecule has 3 atom stereocenters. The number of aromatic nitrogens is 1. The van der Waals surface area contributed by atoms with E-state index in [4.69, 9.17) is 0 Å². The van der Waals surface area contributed by atoms with Gasteiger partial charge >= 0.3 is 0 Å². The van der Waals surface area contributed by atoms with Gasteiger partial charge in [0.15, 0.2) is 18.0 Å². The summed E-state index contributed by atoms with van der Waals surface area (Å²) < 4.78 is 2.81. The zero-order chi connectivity index (χ0) is 18.7. The van der Waals surface area contributed by atoms with Crippen LogP contribution in [0.2, 0.25) is 0 Å². The Labute approximate surface area is 166 Å². The lowest BCUT2D eigenvalue weighted by Gasteiger charge is -2.47. The Hall–Kier alpha value is -2.11. The minimum absolute atomic E-state index is 0.186. The molecule has 1 fully saturated rings. The van der Waals surface area contributed by atoms with E-state index >= 15 is 0 Å². The minimum Gasteiger partial charge on any atom is -0.327 e. The highest BCUT2D eigenvalue weighted by atomic mass is 31.1. The molecule has 7 rings (SSSR count). The van der Waals surface area contributed by atoms with Crippen molar-refractivity contribution in [3.63, 3.8) is 0 Å². The van der Waals surface area contributed by atoms with E-state index in [1.165, 1.54) is 41.8 Å². The molecule has 138 valence electrons. The molecule has 2 heteroatoms. The maximum Gasteiger partial charge on any atom is 0.186 e. The van der Waals surface area contributed by atoms with Crippen LogP contribution in [0.4, 0.5) is 0 Å². The zero-order valence-electron chi connectivity index (χ0n) is 16.6. The highest BCUT2D eigenvalue weighted by molar-refractivity contribution is 7.64. The summed E-state index contributed by atoms with van der Waals surface area (Å²) >= 11 is 0. The van der Waals surface area contributed by atoms with E-state index in [1.54, 1.807) is 26.8 Å². The van der Waals surface area contributed by atoms with E-state index in [-0.39, 0.29) is 18.5 Å². The molecule has 3 heterocycles. The van der Waals surface area contributed by atoms with Crippen molar-refractivity contribution in [1.29, 1.82) is 0 Å². The lowest BCUT2D eigenvalue weighted by atomic mass is 9.61. The Balaban J connectivity index is 1.82. The predicted octanol–water partition coefficient (Wildman–Crippen LogP) is 6.66. The van der Waals surface area contributed by atoms with Crippen molar-refractivity contribution in [1.82, 2.24) is 4.57 Å². The first-order valence-corrected chi connectivity index (χ1v) is 12.1. The normalized spacial score (nSPS) is 28.7. The number of nitrogens with zero attached hydrogens (tertiary/aromatic N) is 1. The fourth-order valence-electron chi connectivity index (χ4n) is 6.85. The summed E-state index contributed by atoms with van der Waals surface area (Å²) in [7, 11) is -0.386. The number of hydrogen-bond acceptors (Lipinski definition) is 0. The van der Waals surface area contributed by atoms with Crippen molar-refractivity contribution in [3.05, 3.63) is 64.6 Å². The molecule has 0 amide bonds. The Morgan fingerprint density at radius 3 is 2.79 bits per heavy atom. The second-order valence-corrected chi connectivity index (χ2v) is 11.6. The summed E-state index contributed by atoms with van der Waals surface area (Å²) in [5, 5.41) is 7.99. The van der Waals surface area contributed by atoms with Crippen LogP contribution < -0.4 is 5.22 Å². The molecule has 0 spiro atoms. The zero-order valence-corrected chi connectivity index (χ0v) is 17.5. The SMILES string of the molecule is CC12CCCC[C@@]1(C)c1ccc3c4c1n2c1ccccc1[p+]-4c1c3=CC=CC1. The highest BCUT2D eigenvalue weighted by Gasteiger charge is 2.56. The summed E-state index contributed by atoms with van der Waals surface area (Å²) in [5.41, 5.74) is 5.15. The smallest absolute Gasteiger partial charge is 0.186 e. The van der Waals surface area contributed by atoms with Crippen LogP contribution in [-0.2, 0) is 17.4 Å². The lowest BCUT2D eigenvalue weighted by molar-refractivity contribution is 0.123. The van der Waals surface area contributed by atoms with Gasteiger partial charge in [0.25, 0.3) is 0 Å². The van der Waals surface area contributed by atoms with Gasteiger partial charge in [0, 0.05) is 22.4 Å². The van der Waals surface area contributed by atoms with Crippen LogP contribution in [0.15, 0.2) is 48.6 Å². The first-order chi connectivity index (χ1) is 13.7. The number of rotatable bonds is 0. The van der Waals surface area contributed by atoms with Gasteiger partial charge in [-0.1, -0.05) is 56.2 Å². The molecule has 5 aliphatic rings. The third-order valence-corrected chi connectivity index (χ3v) is 11.1. The minimum atomic E-state index is -0.386. The molecule has 1 saturated carbocycles. The summed E-state index contributed by atoms with van der Waals surface area (Å²) in [5.74, 6) is 0. The number of benzene rings is 2. The van der Waals surface area contributed by atoms with Crippen LogP contribution in [0.1, 0.15) is 50.4 Å². The van der Waals surface area contributed by atoms with Crippen molar-refractivity contribution in [3.8, 4) is 5.30 Å². The van der Waals surface area contributed by atoms with Gasteiger partial charge in [0.2, 0.25) is 0 Å². The third-order valence-electron chi connectivity index (χ3n) is 8.41. The standard InChI is InChI=1S/C26H25NP/c1-25-15-7-8-16-26(25,2)27-20-10-4-6-12-22(20)28-21-11-5-3-9-17(21)18-13-14-19(25)23(27)24(18)28/h3-6,9-10,12-14H,7-8,11,15-16H2,1-2H3/q+1/t25-,26?/m0/s1. The molecule has 2 unspecified atom stereocenters. The third kappa shape index (κ3) is 1.52. The second-order valence-electron chi connectivity index (χ2n) is 9.49. The molecular weight excluding hydrogens is 357 g/mol. The Bertz CT molecular complexity index is 1370. The average molecular weight is 382 g/mol. The van der Waals surface area contributed by atoms with Gasteiger partial charge < -0.3 is 4.57 Å². The first-order valence-electron chi connectivity index (χ1n) is 10.8. The van der Waals surface area contributed by atoms with Gasteiger partial charge in [-0.05, 0) is 43.5 Å². The molecule has 2 aromatic rings. The number of fused-ring (bicyclic) bond motifs is 9. The molecular formula is C26H25NP+. The van der Waals surface area contributed by atoms with Crippen LogP contribution in [-0.4, -0.2) is 4.57 Å². The van der Waals surface area contributed by atoms with Crippen molar-refractivity contribution < 1.29 is 0 Å². The molecule has 28 heavy (non-hydrogen) atoms. The Kier molecular flexibility index (Phi) is 2.76. The summed E-state index contributed by atoms with van der Waals surface area (Å²) in [6.45, 7) is 5.11.